The van der Waals surface area contributed by atoms with Gasteiger partial charge < -0.3 is 14.7 Å². The molecule has 0 atom stereocenters. The Morgan fingerprint density at radius 1 is 0.964 bits per heavy atom. The minimum atomic E-state index is -2.21. The van der Waals surface area contributed by atoms with Crippen molar-refractivity contribution in [3.05, 3.63) is 47.3 Å². The maximum Gasteiger partial charge on any atom is 0.271 e. The van der Waals surface area contributed by atoms with Gasteiger partial charge in [0.05, 0.1) is 10.4 Å². The van der Waals surface area contributed by atoms with Crippen LogP contribution in [0.25, 0.3) is 10.2 Å². The number of fused-ring (bicyclic) bond motifs is 1. The summed E-state index contributed by atoms with van der Waals surface area (Å²) in [4.78, 5) is 6.08. The van der Waals surface area contributed by atoms with E-state index in [1.54, 1.807) is 0 Å². The van der Waals surface area contributed by atoms with Gasteiger partial charge in [0.2, 0.25) is 29.1 Å². The van der Waals surface area contributed by atoms with E-state index in [1.165, 1.54) is 0 Å². The standard InChI is InChI=1S/C18H13F5N2O2S/c19-11-12(20)14(22)17(15(23)13(11)21)27-8-4-6-25(7-5-8)9-2-1-3-10-16(9)24-18(26)28-10/h1-3,8H,4-7H2,(H,24,26). The summed E-state index contributed by atoms with van der Waals surface area (Å²) in [5, 5.41) is 9.56. The lowest BCUT2D eigenvalue weighted by molar-refractivity contribution is 0.150. The van der Waals surface area contributed by atoms with Crippen LogP contribution in [0.2, 0.25) is 0 Å². The van der Waals surface area contributed by atoms with E-state index in [9.17, 15) is 27.1 Å². The molecule has 10 heteroatoms. The molecule has 1 aliphatic rings. The molecule has 28 heavy (non-hydrogen) atoms. The first-order chi connectivity index (χ1) is 13.4. The van der Waals surface area contributed by atoms with Gasteiger partial charge in [0.15, 0.2) is 5.75 Å². The molecule has 2 aromatic carbocycles. The van der Waals surface area contributed by atoms with E-state index >= 15 is 0 Å². The van der Waals surface area contributed by atoms with Crippen LogP contribution in [-0.2, 0) is 0 Å². The molecule has 2 heterocycles. The lowest BCUT2D eigenvalue weighted by atomic mass is 10.1. The number of halogens is 5. The average Bonchev–Trinajstić information content (AvgIpc) is 3.09. The van der Waals surface area contributed by atoms with Crippen molar-refractivity contribution in [1.82, 2.24) is 4.98 Å². The minimum absolute atomic E-state index is 0.0491. The molecule has 0 amide bonds. The Hall–Kier alpha value is -2.62. The Morgan fingerprint density at radius 2 is 1.57 bits per heavy atom. The zero-order chi connectivity index (χ0) is 20.0. The fraction of sp³-hybridized carbons (Fsp3) is 0.278. The quantitative estimate of drug-likeness (QED) is 0.381. The van der Waals surface area contributed by atoms with Crippen LogP contribution >= 0.6 is 11.3 Å². The number of benzene rings is 2. The third-order valence-corrected chi connectivity index (χ3v) is 5.45. The lowest BCUT2D eigenvalue weighted by Gasteiger charge is -2.33. The van der Waals surface area contributed by atoms with E-state index in [2.05, 4.69) is 4.98 Å². The summed E-state index contributed by atoms with van der Waals surface area (Å²) in [7, 11) is 0. The first kappa shape index (κ1) is 18.7. The number of rotatable bonds is 3. The molecule has 0 aliphatic carbocycles. The van der Waals surface area contributed by atoms with Gasteiger partial charge in [-0.1, -0.05) is 17.4 Å². The molecule has 0 unspecified atom stereocenters. The number of para-hydroxylation sites is 1. The SMILES string of the molecule is Oc1nc2c(N3CCC(Oc4c(F)c(F)c(F)c(F)c4F)CC3)cccc2s1. The first-order valence-corrected chi connectivity index (χ1v) is 9.20. The van der Waals surface area contributed by atoms with E-state index in [0.29, 0.717) is 31.4 Å². The predicted molar refractivity (Wildman–Crippen MR) is 93.4 cm³/mol. The number of aromatic hydroxyl groups is 1. The van der Waals surface area contributed by atoms with Crippen molar-refractivity contribution < 1.29 is 31.8 Å². The van der Waals surface area contributed by atoms with Crippen molar-refractivity contribution in [2.45, 2.75) is 18.9 Å². The number of hydrogen-bond acceptors (Lipinski definition) is 5. The highest BCUT2D eigenvalue weighted by Gasteiger charge is 2.30. The van der Waals surface area contributed by atoms with Gasteiger partial charge in [-0.2, -0.15) is 8.78 Å². The van der Waals surface area contributed by atoms with Gasteiger partial charge in [-0.3, -0.25) is 0 Å². The van der Waals surface area contributed by atoms with Gasteiger partial charge in [0, 0.05) is 25.9 Å². The maximum absolute atomic E-state index is 13.8. The van der Waals surface area contributed by atoms with Crippen molar-refractivity contribution >= 4 is 27.2 Å². The Balaban J connectivity index is 1.51. The second kappa shape index (κ2) is 7.08. The Bertz CT molecular complexity index is 1020. The highest BCUT2D eigenvalue weighted by atomic mass is 32.1. The van der Waals surface area contributed by atoms with Gasteiger partial charge >= 0.3 is 0 Å². The summed E-state index contributed by atoms with van der Waals surface area (Å²) in [5.74, 6) is -11.5. The number of ether oxygens (including phenoxy) is 1. The zero-order valence-corrected chi connectivity index (χ0v) is 15.0. The van der Waals surface area contributed by atoms with Crippen LogP contribution in [0.3, 0.4) is 0 Å². The van der Waals surface area contributed by atoms with Crippen molar-refractivity contribution in [2.24, 2.45) is 0 Å². The van der Waals surface area contributed by atoms with Crippen molar-refractivity contribution in [3.63, 3.8) is 0 Å². The number of piperidine rings is 1. The van der Waals surface area contributed by atoms with Crippen molar-refractivity contribution in [2.75, 3.05) is 18.0 Å². The van der Waals surface area contributed by atoms with Crippen LogP contribution in [-0.4, -0.2) is 29.3 Å². The smallest absolute Gasteiger partial charge is 0.271 e. The van der Waals surface area contributed by atoms with Crippen LogP contribution in [0.1, 0.15) is 12.8 Å². The van der Waals surface area contributed by atoms with Crippen LogP contribution < -0.4 is 9.64 Å². The number of anilines is 1. The number of nitrogens with zero attached hydrogens (tertiary/aromatic N) is 2. The van der Waals surface area contributed by atoms with E-state index in [-0.39, 0.29) is 5.19 Å². The monoisotopic (exact) mass is 416 g/mol. The zero-order valence-electron chi connectivity index (χ0n) is 14.2. The molecule has 0 saturated carbocycles. The Morgan fingerprint density at radius 3 is 2.21 bits per heavy atom. The summed E-state index contributed by atoms with van der Waals surface area (Å²) in [6, 6.07) is 5.49. The van der Waals surface area contributed by atoms with E-state index in [4.69, 9.17) is 4.74 Å². The third-order valence-electron chi connectivity index (χ3n) is 4.62. The van der Waals surface area contributed by atoms with Crippen LogP contribution in [0.5, 0.6) is 10.9 Å². The van der Waals surface area contributed by atoms with Crippen molar-refractivity contribution in [3.8, 4) is 10.9 Å². The van der Waals surface area contributed by atoms with Gasteiger partial charge in [-0.05, 0) is 12.1 Å². The molecule has 4 rings (SSSR count). The van der Waals surface area contributed by atoms with Gasteiger partial charge in [0.1, 0.15) is 11.6 Å². The predicted octanol–water partition coefficient (Wildman–Crippen LogP) is 4.75. The summed E-state index contributed by atoms with van der Waals surface area (Å²) in [6.45, 7) is 0.856. The molecule has 1 N–H and O–H groups in total. The van der Waals surface area contributed by atoms with Gasteiger partial charge in [0.25, 0.3) is 5.19 Å². The molecule has 4 nitrogen and oxygen atoms in total. The number of hydrogen-bond donors (Lipinski definition) is 1. The molecule has 0 spiro atoms. The molecule has 3 aromatic rings. The van der Waals surface area contributed by atoms with E-state index in [1.807, 2.05) is 23.1 Å². The van der Waals surface area contributed by atoms with E-state index < -0.39 is 40.9 Å². The fourth-order valence-electron chi connectivity index (χ4n) is 3.25. The van der Waals surface area contributed by atoms with Crippen LogP contribution in [0.4, 0.5) is 27.6 Å². The second-order valence-electron chi connectivity index (χ2n) is 6.32. The second-order valence-corrected chi connectivity index (χ2v) is 7.33. The highest BCUT2D eigenvalue weighted by Crippen LogP contribution is 2.35. The summed E-state index contributed by atoms with van der Waals surface area (Å²) in [5.41, 5.74) is 1.44. The molecule has 0 radical (unpaired) electrons. The maximum atomic E-state index is 13.8. The fourth-order valence-corrected chi connectivity index (χ4v) is 3.97. The summed E-state index contributed by atoms with van der Waals surface area (Å²) < 4.78 is 73.3. The normalized spacial score (nSPS) is 15.4. The number of aromatic nitrogens is 1. The molecule has 1 aromatic heterocycles. The lowest BCUT2D eigenvalue weighted by Crippen LogP contribution is -2.38. The molecule has 1 saturated heterocycles. The summed E-state index contributed by atoms with van der Waals surface area (Å²) in [6.07, 6.45) is -0.0783. The molecule has 0 bridgehead atoms. The average molecular weight is 416 g/mol. The van der Waals surface area contributed by atoms with Gasteiger partial charge in [-0.15, -0.1) is 0 Å². The minimum Gasteiger partial charge on any atom is -0.486 e. The molecule has 1 fully saturated rings. The Kier molecular flexibility index (Phi) is 4.74. The van der Waals surface area contributed by atoms with Crippen LogP contribution in [0.15, 0.2) is 18.2 Å². The van der Waals surface area contributed by atoms with Crippen molar-refractivity contribution in [1.29, 1.82) is 0 Å². The first-order valence-electron chi connectivity index (χ1n) is 8.38. The van der Waals surface area contributed by atoms with Gasteiger partial charge in [-0.25, -0.2) is 18.2 Å². The molecule has 1 aliphatic heterocycles. The largest absolute Gasteiger partial charge is 0.486 e. The topological polar surface area (TPSA) is 45.6 Å². The molecule has 148 valence electrons. The molecular weight excluding hydrogens is 403 g/mol. The molecular formula is C18H13F5N2O2S. The summed E-state index contributed by atoms with van der Waals surface area (Å²) >= 11 is 1.15. The Labute approximate surface area is 159 Å². The number of thiazole rings is 1. The highest BCUT2D eigenvalue weighted by molar-refractivity contribution is 7.20. The van der Waals surface area contributed by atoms with Crippen LogP contribution in [0, 0.1) is 29.1 Å². The third kappa shape index (κ3) is 3.11. The van der Waals surface area contributed by atoms with E-state index in [0.717, 1.165) is 21.7 Å².